The number of furan rings is 1. The molecule has 0 amide bonds. The topological polar surface area (TPSA) is 28.4 Å². The summed E-state index contributed by atoms with van der Waals surface area (Å²) in [6, 6.07) is 4.56. The zero-order valence-electron chi connectivity index (χ0n) is 10.5. The monoisotopic (exact) mass is 222 g/mol. The van der Waals surface area contributed by atoms with E-state index in [1.165, 1.54) is 0 Å². The molecule has 2 heterocycles. The molecule has 90 valence electrons. The molecule has 0 aromatic carbocycles. The van der Waals surface area contributed by atoms with E-state index in [1.807, 2.05) is 6.07 Å². The summed E-state index contributed by atoms with van der Waals surface area (Å²) >= 11 is 0. The summed E-state index contributed by atoms with van der Waals surface area (Å²) in [4.78, 5) is 2.48. The van der Waals surface area contributed by atoms with Gasteiger partial charge in [-0.1, -0.05) is 13.8 Å². The first-order valence-corrected chi connectivity index (χ1v) is 6.03. The van der Waals surface area contributed by atoms with Gasteiger partial charge in [-0.3, -0.25) is 4.90 Å². The molecular formula is C13H22N2O. The van der Waals surface area contributed by atoms with Crippen LogP contribution in [0.25, 0.3) is 0 Å². The lowest BCUT2D eigenvalue weighted by molar-refractivity contribution is 0.183. The summed E-state index contributed by atoms with van der Waals surface area (Å²) in [5, 5.41) is 3.57. The molecule has 1 aromatic rings. The zero-order valence-corrected chi connectivity index (χ0v) is 10.5. The first-order chi connectivity index (χ1) is 7.55. The summed E-state index contributed by atoms with van der Waals surface area (Å²) in [6.07, 6.45) is 1.75. The van der Waals surface area contributed by atoms with Crippen molar-refractivity contribution in [3.63, 3.8) is 0 Å². The zero-order chi connectivity index (χ0) is 11.6. The molecule has 16 heavy (non-hydrogen) atoms. The minimum absolute atomic E-state index is 0.331. The van der Waals surface area contributed by atoms with Gasteiger partial charge in [0.25, 0.3) is 0 Å². The Balaban J connectivity index is 2.01. The SMILES string of the molecule is CC1CN(Cc2ccco2)CC(C)(C)CN1. The normalized spacial score (nSPS) is 26.6. The van der Waals surface area contributed by atoms with Gasteiger partial charge in [0.15, 0.2) is 0 Å². The first kappa shape index (κ1) is 11.7. The Bertz CT molecular complexity index is 319. The van der Waals surface area contributed by atoms with Crippen molar-refractivity contribution < 1.29 is 4.42 Å². The maximum atomic E-state index is 5.42. The molecule has 1 aromatic heterocycles. The molecule has 3 heteroatoms. The number of rotatable bonds is 2. The van der Waals surface area contributed by atoms with Crippen molar-refractivity contribution in [2.75, 3.05) is 19.6 Å². The standard InChI is InChI=1S/C13H22N2O/c1-11-7-15(8-12-5-4-6-16-12)10-13(2,3)9-14-11/h4-6,11,14H,7-10H2,1-3H3. The third-order valence-electron chi connectivity index (χ3n) is 3.07. The molecule has 3 nitrogen and oxygen atoms in total. The number of nitrogens with one attached hydrogen (secondary N) is 1. The Morgan fingerprint density at radius 1 is 1.56 bits per heavy atom. The molecule has 1 aliphatic heterocycles. The molecular weight excluding hydrogens is 200 g/mol. The molecule has 0 aliphatic carbocycles. The van der Waals surface area contributed by atoms with E-state index in [-0.39, 0.29) is 0 Å². The van der Waals surface area contributed by atoms with Crippen molar-refractivity contribution in [3.05, 3.63) is 24.2 Å². The second-order valence-electron chi connectivity index (χ2n) is 5.70. The van der Waals surface area contributed by atoms with Crippen LogP contribution in [0.3, 0.4) is 0 Å². The van der Waals surface area contributed by atoms with Crippen LogP contribution in [0.2, 0.25) is 0 Å². The minimum atomic E-state index is 0.331. The van der Waals surface area contributed by atoms with E-state index < -0.39 is 0 Å². The summed E-state index contributed by atoms with van der Waals surface area (Å²) in [5.41, 5.74) is 0.331. The Morgan fingerprint density at radius 2 is 2.38 bits per heavy atom. The average molecular weight is 222 g/mol. The molecule has 0 saturated carbocycles. The number of hydrogen-bond donors (Lipinski definition) is 1. The van der Waals surface area contributed by atoms with Crippen LogP contribution < -0.4 is 5.32 Å². The molecule has 0 spiro atoms. The minimum Gasteiger partial charge on any atom is -0.468 e. The fourth-order valence-electron chi connectivity index (χ4n) is 2.37. The van der Waals surface area contributed by atoms with Gasteiger partial charge in [-0.2, -0.15) is 0 Å². The number of nitrogens with zero attached hydrogens (tertiary/aromatic N) is 1. The van der Waals surface area contributed by atoms with Gasteiger partial charge in [0, 0.05) is 25.7 Å². The molecule has 1 aliphatic rings. The molecule has 1 atom stereocenters. The highest BCUT2D eigenvalue weighted by atomic mass is 16.3. The maximum absolute atomic E-state index is 5.42. The van der Waals surface area contributed by atoms with E-state index in [0.717, 1.165) is 31.9 Å². The van der Waals surface area contributed by atoms with Crippen LogP contribution in [-0.2, 0) is 6.54 Å². The quantitative estimate of drug-likeness (QED) is 0.830. The highest BCUT2D eigenvalue weighted by Gasteiger charge is 2.27. The van der Waals surface area contributed by atoms with Crippen molar-refractivity contribution in [3.8, 4) is 0 Å². The van der Waals surface area contributed by atoms with E-state index >= 15 is 0 Å². The van der Waals surface area contributed by atoms with Crippen LogP contribution >= 0.6 is 0 Å². The summed E-state index contributed by atoms with van der Waals surface area (Å²) in [7, 11) is 0. The molecule has 0 radical (unpaired) electrons. The van der Waals surface area contributed by atoms with Gasteiger partial charge >= 0.3 is 0 Å². The second-order valence-corrected chi connectivity index (χ2v) is 5.70. The van der Waals surface area contributed by atoms with Crippen LogP contribution in [-0.4, -0.2) is 30.6 Å². The molecule has 1 unspecified atom stereocenters. The third-order valence-corrected chi connectivity index (χ3v) is 3.07. The predicted octanol–water partition coefficient (Wildman–Crippen LogP) is 2.10. The smallest absolute Gasteiger partial charge is 0.117 e. The van der Waals surface area contributed by atoms with Crippen LogP contribution in [0, 0.1) is 5.41 Å². The molecule has 0 bridgehead atoms. The largest absolute Gasteiger partial charge is 0.468 e. The van der Waals surface area contributed by atoms with Crippen molar-refractivity contribution in [2.45, 2.75) is 33.4 Å². The van der Waals surface area contributed by atoms with E-state index in [4.69, 9.17) is 4.42 Å². The van der Waals surface area contributed by atoms with Crippen molar-refractivity contribution in [2.24, 2.45) is 5.41 Å². The van der Waals surface area contributed by atoms with Gasteiger partial charge in [-0.15, -0.1) is 0 Å². The Labute approximate surface area is 97.8 Å². The highest BCUT2D eigenvalue weighted by molar-refractivity contribution is 4.99. The second kappa shape index (κ2) is 4.60. The fraction of sp³-hybridized carbons (Fsp3) is 0.692. The van der Waals surface area contributed by atoms with E-state index in [0.29, 0.717) is 11.5 Å². The van der Waals surface area contributed by atoms with Crippen LogP contribution in [0.5, 0.6) is 0 Å². The van der Waals surface area contributed by atoms with Crippen LogP contribution in [0.4, 0.5) is 0 Å². The van der Waals surface area contributed by atoms with Crippen LogP contribution in [0.15, 0.2) is 22.8 Å². The molecule has 1 fully saturated rings. The summed E-state index contributed by atoms with van der Waals surface area (Å²) in [6.45, 7) is 11.1. The van der Waals surface area contributed by atoms with Gasteiger partial charge < -0.3 is 9.73 Å². The fourth-order valence-corrected chi connectivity index (χ4v) is 2.37. The molecule has 2 rings (SSSR count). The van der Waals surface area contributed by atoms with Gasteiger partial charge in [0.1, 0.15) is 5.76 Å². The predicted molar refractivity (Wildman–Crippen MR) is 65.2 cm³/mol. The Morgan fingerprint density at radius 3 is 3.06 bits per heavy atom. The van der Waals surface area contributed by atoms with Crippen LogP contribution in [0.1, 0.15) is 26.5 Å². The van der Waals surface area contributed by atoms with Gasteiger partial charge in [-0.25, -0.2) is 0 Å². The lowest BCUT2D eigenvalue weighted by atomic mass is 9.93. The van der Waals surface area contributed by atoms with E-state index in [1.54, 1.807) is 6.26 Å². The lowest BCUT2D eigenvalue weighted by Crippen LogP contribution is -2.35. The first-order valence-electron chi connectivity index (χ1n) is 6.03. The van der Waals surface area contributed by atoms with E-state index in [9.17, 15) is 0 Å². The van der Waals surface area contributed by atoms with Crippen molar-refractivity contribution in [1.29, 1.82) is 0 Å². The van der Waals surface area contributed by atoms with Crippen molar-refractivity contribution in [1.82, 2.24) is 10.2 Å². The molecule has 1 saturated heterocycles. The number of hydrogen-bond acceptors (Lipinski definition) is 3. The van der Waals surface area contributed by atoms with Gasteiger partial charge in [-0.05, 0) is 24.5 Å². The maximum Gasteiger partial charge on any atom is 0.117 e. The Hall–Kier alpha value is -0.800. The highest BCUT2D eigenvalue weighted by Crippen LogP contribution is 2.20. The van der Waals surface area contributed by atoms with Gasteiger partial charge in [0.2, 0.25) is 0 Å². The Kier molecular flexibility index (Phi) is 3.36. The molecule has 1 N–H and O–H groups in total. The summed E-state index contributed by atoms with van der Waals surface area (Å²) in [5.74, 6) is 1.06. The summed E-state index contributed by atoms with van der Waals surface area (Å²) < 4.78 is 5.42. The van der Waals surface area contributed by atoms with E-state index in [2.05, 4.69) is 37.1 Å². The van der Waals surface area contributed by atoms with Crippen molar-refractivity contribution >= 4 is 0 Å². The van der Waals surface area contributed by atoms with Gasteiger partial charge in [0.05, 0.1) is 12.8 Å². The average Bonchev–Trinajstić information content (AvgIpc) is 2.62. The lowest BCUT2D eigenvalue weighted by Gasteiger charge is -2.28. The third kappa shape index (κ3) is 3.09.